The monoisotopic (exact) mass is 739 g/mol. The van der Waals surface area contributed by atoms with E-state index >= 15 is 0 Å². The molecule has 1 fully saturated rings. The third-order valence-electron chi connectivity index (χ3n) is 9.40. The van der Waals surface area contributed by atoms with Gasteiger partial charge in [0.25, 0.3) is 0 Å². The van der Waals surface area contributed by atoms with Gasteiger partial charge in [0.05, 0.1) is 13.1 Å². The molecule has 14 heteroatoms. The lowest BCUT2D eigenvalue weighted by atomic mass is 9.69. The molecule has 1 saturated carbocycles. The highest BCUT2D eigenvalue weighted by Gasteiger charge is 2.37. The maximum atomic E-state index is 13.6. The highest BCUT2D eigenvalue weighted by Crippen LogP contribution is 2.38. The van der Waals surface area contributed by atoms with Crippen LogP contribution in [-0.2, 0) is 41.6 Å². The predicted octanol–water partition coefficient (Wildman–Crippen LogP) is 2.41. The molecule has 0 aromatic heterocycles. The van der Waals surface area contributed by atoms with Crippen molar-refractivity contribution in [3.63, 3.8) is 0 Å². The Bertz CT molecular complexity index is 1510. The molecular formula is C38H53N5O8S. The molecule has 52 heavy (non-hydrogen) atoms. The quantitative estimate of drug-likeness (QED) is 0.113. The number of amides is 5. The summed E-state index contributed by atoms with van der Waals surface area (Å²) >= 11 is 1.44. The van der Waals surface area contributed by atoms with Crippen LogP contribution in [0.3, 0.4) is 0 Å². The summed E-state index contributed by atoms with van der Waals surface area (Å²) < 4.78 is 0. The van der Waals surface area contributed by atoms with Crippen molar-refractivity contribution in [2.45, 2.75) is 77.4 Å². The number of carbonyl (C=O) groups excluding carboxylic acids is 5. The SMILES string of the molecule is CSCCC(NC(=O)C(Cc1ccccc1)NC(=O)CNC(=O)CNC(=O)C(Cc1ccc(O)cc1)NC(=O)[C@@H]1C[C@H](C)CC[C@H]1C(C)C)C(=O)O. The van der Waals surface area contributed by atoms with Crippen molar-refractivity contribution in [3.8, 4) is 5.75 Å². The molecule has 7 N–H and O–H groups in total. The van der Waals surface area contributed by atoms with Gasteiger partial charge in [-0.1, -0.05) is 69.7 Å². The second-order valence-electron chi connectivity index (χ2n) is 13.8. The Labute approximate surface area is 309 Å². The third kappa shape index (κ3) is 13.9. The van der Waals surface area contributed by atoms with Gasteiger partial charge in [0, 0.05) is 18.8 Å². The van der Waals surface area contributed by atoms with Crippen LogP contribution in [0.4, 0.5) is 0 Å². The average Bonchev–Trinajstić information content (AvgIpc) is 3.11. The van der Waals surface area contributed by atoms with E-state index in [1.165, 1.54) is 23.9 Å². The number of aromatic hydroxyl groups is 1. The Morgan fingerprint density at radius 3 is 2.00 bits per heavy atom. The standard InChI is InChI=1S/C38H53N5O8S/c1-23(2)28-15-10-24(3)18-29(28)35(47)43-31(20-26-11-13-27(44)14-12-26)36(48)40-21-33(45)39-22-34(46)41-32(19-25-8-6-5-7-9-25)37(49)42-30(38(50)51)16-17-52-4/h5-9,11-14,23-24,28-32,44H,10,15-22H2,1-4H3,(H,39,45)(H,40,48)(H,41,46)(H,42,49)(H,43,47)(H,50,51)/t24-,28+,29-,30?,31?,32?/m1/s1. The van der Waals surface area contributed by atoms with Crippen molar-refractivity contribution in [2.75, 3.05) is 25.1 Å². The first-order chi connectivity index (χ1) is 24.8. The fraction of sp³-hybridized carbons (Fsp3) is 0.526. The molecule has 284 valence electrons. The number of carboxylic acid groups (broad SMARTS) is 1. The lowest BCUT2D eigenvalue weighted by Crippen LogP contribution is -2.54. The number of nitrogens with one attached hydrogen (secondary N) is 5. The van der Waals surface area contributed by atoms with Crippen molar-refractivity contribution in [3.05, 3.63) is 65.7 Å². The number of rotatable bonds is 19. The molecule has 1 aliphatic rings. The van der Waals surface area contributed by atoms with Crippen LogP contribution < -0.4 is 26.6 Å². The molecule has 0 radical (unpaired) electrons. The number of phenolic OH excluding ortho intramolecular Hbond substituents is 1. The molecule has 1 aliphatic carbocycles. The van der Waals surface area contributed by atoms with E-state index in [0.717, 1.165) is 24.8 Å². The molecule has 0 heterocycles. The van der Waals surface area contributed by atoms with Gasteiger partial charge in [0.15, 0.2) is 0 Å². The Morgan fingerprint density at radius 2 is 1.38 bits per heavy atom. The van der Waals surface area contributed by atoms with E-state index < -0.39 is 60.8 Å². The van der Waals surface area contributed by atoms with Gasteiger partial charge in [-0.2, -0.15) is 11.8 Å². The topological polar surface area (TPSA) is 203 Å². The van der Waals surface area contributed by atoms with E-state index in [2.05, 4.69) is 47.4 Å². The molecule has 0 spiro atoms. The van der Waals surface area contributed by atoms with E-state index in [-0.39, 0.29) is 42.8 Å². The van der Waals surface area contributed by atoms with Crippen LogP contribution in [-0.4, -0.2) is 88.9 Å². The Morgan fingerprint density at radius 1 is 0.769 bits per heavy atom. The van der Waals surface area contributed by atoms with Crippen LogP contribution in [0.15, 0.2) is 54.6 Å². The minimum atomic E-state index is -1.19. The average molecular weight is 740 g/mol. The van der Waals surface area contributed by atoms with E-state index in [1.807, 2.05) is 6.26 Å². The third-order valence-corrected chi connectivity index (χ3v) is 10.0. The fourth-order valence-electron chi connectivity index (χ4n) is 6.46. The highest BCUT2D eigenvalue weighted by atomic mass is 32.2. The Kier molecular flexibility index (Phi) is 16.9. The van der Waals surface area contributed by atoms with Gasteiger partial charge in [-0.05, 0) is 72.3 Å². The Balaban J connectivity index is 1.61. The number of carboxylic acids is 1. The van der Waals surface area contributed by atoms with Gasteiger partial charge in [0.1, 0.15) is 23.9 Å². The van der Waals surface area contributed by atoms with Crippen LogP contribution in [0.1, 0.15) is 57.6 Å². The van der Waals surface area contributed by atoms with E-state index in [9.17, 15) is 39.0 Å². The van der Waals surface area contributed by atoms with Gasteiger partial charge < -0.3 is 36.8 Å². The second-order valence-corrected chi connectivity index (χ2v) is 14.8. The smallest absolute Gasteiger partial charge is 0.326 e. The van der Waals surface area contributed by atoms with E-state index in [4.69, 9.17) is 0 Å². The van der Waals surface area contributed by atoms with Gasteiger partial charge in [-0.15, -0.1) is 0 Å². The molecule has 2 aromatic rings. The highest BCUT2D eigenvalue weighted by molar-refractivity contribution is 7.98. The Hall–Kier alpha value is -4.59. The minimum Gasteiger partial charge on any atom is -0.508 e. The van der Waals surface area contributed by atoms with Crippen LogP contribution in [0.5, 0.6) is 5.75 Å². The zero-order chi connectivity index (χ0) is 38.2. The van der Waals surface area contributed by atoms with Crippen molar-refractivity contribution in [2.24, 2.45) is 23.7 Å². The second kappa shape index (κ2) is 21.1. The summed E-state index contributed by atoms with van der Waals surface area (Å²) in [6.45, 7) is 5.33. The molecule has 0 bridgehead atoms. The molecule has 13 nitrogen and oxygen atoms in total. The van der Waals surface area contributed by atoms with Gasteiger partial charge >= 0.3 is 5.97 Å². The van der Waals surface area contributed by atoms with Crippen molar-refractivity contribution < 1.29 is 39.0 Å². The molecule has 2 aromatic carbocycles. The molecule has 0 saturated heterocycles. The summed E-state index contributed by atoms with van der Waals surface area (Å²) in [7, 11) is 0. The summed E-state index contributed by atoms with van der Waals surface area (Å²) in [6, 6.07) is 11.9. The zero-order valence-corrected chi connectivity index (χ0v) is 31.2. The van der Waals surface area contributed by atoms with Crippen molar-refractivity contribution >= 4 is 47.3 Å². The molecule has 6 atom stereocenters. The largest absolute Gasteiger partial charge is 0.508 e. The zero-order valence-electron chi connectivity index (χ0n) is 30.4. The van der Waals surface area contributed by atoms with Gasteiger partial charge in [-0.25, -0.2) is 4.79 Å². The maximum absolute atomic E-state index is 13.6. The number of phenols is 1. The summed E-state index contributed by atoms with van der Waals surface area (Å²) in [4.78, 5) is 77.6. The maximum Gasteiger partial charge on any atom is 0.326 e. The lowest BCUT2D eigenvalue weighted by Gasteiger charge is -2.37. The van der Waals surface area contributed by atoms with Crippen LogP contribution >= 0.6 is 11.8 Å². The molecule has 0 aliphatic heterocycles. The van der Waals surface area contributed by atoms with E-state index in [1.54, 1.807) is 42.5 Å². The van der Waals surface area contributed by atoms with Crippen LogP contribution in [0.2, 0.25) is 0 Å². The lowest BCUT2D eigenvalue weighted by molar-refractivity contribution is -0.142. The van der Waals surface area contributed by atoms with Crippen molar-refractivity contribution in [1.29, 1.82) is 0 Å². The molecular weight excluding hydrogens is 687 g/mol. The summed E-state index contributed by atoms with van der Waals surface area (Å²) in [5.74, 6) is -2.83. The first-order valence-corrected chi connectivity index (χ1v) is 19.1. The summed E-state index contributed by atoms with van der Waals surface area (Å²) in [5, 5.41) is 32.3. The van der Waals surface area contributed by atoms with Gasteiger partial charge in [0.2, 0.25) is 29.5 Å². The van der Waals surface area contributed by atoms with Gasteiger partial charge in [-0.3, -0.25) is 24.0 Å². The summed E-state index contributed by atoms with van der Waals surface area (Å²) in [5.41, 5.74) is 1.43. The number of carbonyl (C=O) groups is 6. The molecule has 5 amide bonds. The number of benzene rings is 2. The molecule has 3 rings (SSSR count). The number of aliphatic carboxylic acids is 1. The first kappa shape index (κ1) is 41.8. The minimum absolute atomic E-state index is 0.0630. The summed E-state index contributed by atoms with van der Waals surface area (Å²) in [6.07, 6.45) is 4.93. The van der Waals surface area contributed by atoms with Crippen LogP contribution in [0, 0.1) is 23.7 Å². The van der Waals surface area contributed by atoms with Crippen LogP contribution in [0.25, 0.3) is 0 Å². The predicted molar refractivity (Wildman–Crippen MR) is 199 cm³/mol. The van der Waals surface area contributed by atoms with E-state index in [0.29, 0.717) is 23.2 Å². The first-order valence-electron chi connectivity index (χ1n) is 17.7. The normalized spacial score (nSPS) is 18.7. The number of hydrogen-bond donors (Lipinski definition) is 7. The van der Waals surface area contributed by atoms with Crippen molar-refractivity contribution in [1.82, 2.24) is 26.6 Å². The number of hydrogen-bond acceptors (Lipinski definition) is 8. The number of thioether (sulfide) groups is 1. The molecule has 3 unspecified atom stereocenters. The fourth-order valence-corrected chi connectivity index (χ4v) is 6.93.